The van der Waals surface area contributed by atoms with Crippen LogP contribution < -0.4 is 0 Å². The van der Waals surface area contributed by atoms with E-state index in [-0.39, 0.29) is 5.57 Å². The van der Waals surface area contributed by atoms with E-state index in [4.69, 9.17) is 0 Å². The molecule has 0 aromatic carbocycles. The molecule has 0 saturated heterocycles. The summed E-state index contributed by atoms with van der Waals surface area (Å²) in [5.41, 5.74) is -3.23. The largest absolute Gasteiger partial charge is 0.443 e. The van der Waals surface area contributed by atoms with Gasteiger partial charge in [-0.1, -0.05) is 13.5 Å². The lowest BCUT2D eigenvalue weighted by Gasteiger charge is -2.30. The van der Waals surface area contributed by atoms with Gasteiger partial charge in [0.1, 0.15) is 0 Å². The van der Waals surface area contributed by atoms with Gasteiger partial charge in [-0.05, 0) is 13.3 Å². The minimum atomic E-state index is -3.44. The van der Waals surface area contributed by atoms with E-state index in [9.17, 15) is 22.4 Å². The molecule has 0 aliphatic carbocycles. The van der Waals surface area contributed by atoms with Crippen molar-refractivity contribution in [3.63, 3.8) is 0 Å². The molecule has 2 nitrogen and oxygen atoms in total. The summed E-state index contributed by atoms with van der Waals surface area (Å²) in [6.07, 6.45) is -7.54. The van der Waals surface area contributed by atoms with Gasteiger partial charge in [0, 0.05) is 5.57 Å². The van der Waals surface area contributed by atoms with Crippen LogP contribution in [0.25, 0.3) is 0 Å². The second-order valence-electron chi connectivity index (χ2n) is 3.08. The predicted octanol–water partition coefficient (Wildman–Crippen LogP) is 2.78. The third-order valence-corrected chi connectivity index (χ3v) is 1.92. The molecule has 0 bridgehead atoms. The number of esters is 1. The fourth-order valence-corrected chi connectivity index (χ4v) is 0.825. The van der Waals surface area contributed by atoms with E-state index in [0.717, 1.165) is 6.92 Å². The second-order valence-corrected chi connectivity index (χ2v) is 3.08. The molecule has 0 aliphatic heterocycles. The van der Waals surface area contributed by atoms with Gasteiger partial charge in [0.2, 0.25) is 5.60 Å². The van der Waals surface area contributed by atoms with E-state index >= 15 is 0 Å². The quantitative estimate of drug-likeness (QED) is 0.411. The summed E-state index contributed by atoms with van der Waals surface area (Å²) >= 11 is 0. The Bertz CT molecular complexity index is 242. The summed E-state index contributed by atoms with van der Waals surface area (Å²) in [5.74, 6) is -1.24. The Morgan fingerprint density at radius 2 is 1.73 bits per heavy atom. The zero-order valence-corrected chi connectivity index (χ0v) is 8.40. The van der Waals surface area contributed by atoms with Crippen molar-refractivity contribution in [1.82, 2.24) is 0 Å². The standard InChI is InChI=1S/C9H12F4O2/c1-4-9(7(10)11,8(12)13)15-6(14)5(2)3/h7-8H,2,4H2,1,3H3. The SMILES string of the molecule is C=C(C)C(=O)OC(CC)(C(F)F)C(F)F. The molecule has 6 heteroatoms. The number of ether oxygens (including phenoxy) is 1. The van der Waals surface area contributed by atoms with Gasteiger partial charge in [0.05, 0.1) is 0 Å². The van der Waals surface area contributed by atoms with Gasteiger partial charge < -0.3 is 4.74 Å². The topological polar surface area (TPSA) is 26.3 Å². The van der Waals surface area contributed by atoms with Crippen molar-refractivity contribution in [2.24, 2.45) is 0 Å². The molecule has 0 aromatic rings. The summed E-state index contributed by atoms with van der Waals surface area (Å²) in [6, 6.07) is 0. The highest BCUT2D eigenvalue weighted by atomic mass is 19.3. The smallest absolute Gasteiger partial charge is 0.334 e. The van der Waals surface area contributed by atoms with E-state index in [1.807, 2.05) is 0 Å². The van der Waals surface area contributed by atoms with Crippen molar-refractivity contribution in [2.75, 3.05) is 0 Å². The van der Waals surface area contributed by atoms with E-state index in [1.165, 1.54) is 6.92 Å². The lowest BCUT2D eigenvalue weighted by atomic mass is 10.0. The highest BCUT2D eigenvalue weighted by Gasteiger charge is 2.51. The molecule has 0 amide bonds. The van der Waals surface area contributed by atoms with Crippen molar-refractivity contribution < 1.29 is 27.1 Å². The molecule has 0 aliphatic rings. The minimum Gasteiger partial charge on any atom is -0.443 e. The number of rotatable bonds is 5. The molecule has 0 radical (unpaired) electrons. The fraction of sp³-hybridized carbons (Fsp3) is 0.667. The van der Waals surface area contributed by atoms with Gasteiger partial charge in [-0.15, -0.1) is 0 Å². The molecular formula is C9H12F4O2. The van der Waals surface area contributed by atoms with Crippen molar-refractivity contribution >= 4 is 5.97 Å². The van der Waals surface area contributed by atoms with Crippen molar-refractivity contribution in [3.8, 4) is 0 Å². The van der Waals surface area contributed by atoms with Crippen LogP contribution in [0.1, 0.15) is 20.3 Å². The molecule has 0 unspecified atom stereocenters. The Morgan fingerprint density at radius 3 is 1.93 bits per heavy atom. The Hall–Kier alpha value is -1.07. The van der Waals surface area contributed by atoms with Gasteiger partial charge in [-0.25, -0.2) is 22.4 Å². The van der Waals surface area contributed by atoms with Crippen molar-refractivity contribution in [3.05, 3.63) is 12.2 Å². The first kappa shape index (κ1) is 13.9. The van der Waals surface area contributed by atoms with Crippen LogP contribution in [0.4, 0.5) is 17.6 Å². The zero-order valence-electron chi connectivity index (χ0n) is 8.40. The van der Waals surface area contributed by atoms with Crippen LogP contribution >= 0.6 is 0 Å². The first-order valence-corrected chi connectivity index (χ1v) is 4.23. The van der Waals surface area contributed by atoms with Crippen molar-refractivity contribution in [1.29, 1.82) is 0 Å². The Morgan fingerprint density at radius 1 is 1.33 bits per heavy atom. The molecular weight excluding hydrogens is 216 g/mol. The number of hydrogen-bond donors (Lipinski definition) is 0. The third kappa shape index (κ3) is 2.94. The van der Waals surface area contributed by atoms with Gasteiger partial charge in [-0.3, -0.25) is 0 Å². The van der Waals surface area contributed by atoms with E-state index in [0.29, 0.717) is 0 Å². The average Bonchev–Trinajstić information content (AvgIpc) is 2.12. The summed E-state index contributed by atoms with van der Waals surface area (Å²) in [7, 11) is 0. The first-order valence-electron chi connectivity index (χ1n) is 4.23. The van der Waals surface area contributed by atoms with Gasteiger partial charge >= 0.3 is 5.97 Å². The summed E-state index contributed by atoms with van der Waals surface area (Å²) in [6.45, 7) is 5.42. The maximum Gasteiger partial charge on any atom is 0.334 e. The molecule has 0 saturated carbocycles. The lowest BCUT2D eigenvalue weighted by Crippen LogP contribution is -2.48. The monoisotopic (exact) mass is 228 g/mol. The van der Waals surface area contributed by atoms with E-state index in [2.05, 4.69) is 11.3 Å². The normalized spacial score (nSPS) is 12.0. The maximum absolute atomic E-state index is 12.4. The first-order chi connectivity index (χ1) is 6.77. The molecule has 0 rings (SSSR count). The molecule has 15 heavy (non-hydrogen) atoms. The molecule has 0 atom stereocenters. The van der Waals surface area contributed by atoms with Crippen molar-refractivity contribution in [2.45, 2.75) is 38.7 Å². The Balaban J connectivity index is 4.94. The second kappa shape index (κ2) is 5.14. The van der Waals surface area contributed by atoms with Crippen LogP contribution in [-0.4, -0.2) is 24.4 Å². The molecule has 0 heterocycles. The van der Waals surface area contributed by atoms with E-state index in [1.54, 1.807) is 0 Å². The number of carbonyl (C=O) groups is 1. The van der Waals surface area contributed by atoms with Gasteiger partial charge in [-0.2, -0.15) is 0 Å². The highest BCUT2D eigenvalue weighted by molar-refractivity contribution is 5.87. The molecule has 88 valence electrons. The average molecular weight is 228 g/mol. The predicted molar refractivity (Wildman–Crippen MR) is 45.9 cm³/mol. The summed E-state index contributed by atoms with van der Waals surface area (Å²) in [4.78, 5) is 10.9. The van der Waals surface area contributed by atoms with E-state index < -0.39 is 30.8 Å². The summed E-state index contributed by atoms with van der Waals surface area (Å²) in [5, 5.41) is 0. The molecule has 0 aromatic heterocycles. The molecule has 0 N–H and O–H groups in total. The number of carbonyl (C=O) groups excluding carboxylic acids is 1. The van der Waals surface area contributed by atoms with Crippen LogP contribution in [0.5, 0.6) is 0 Å². The highest BCUT2D eigenvalue weighted by Crippen LogP contribution is 2.32. The molecule has 0 spiro atoms. The Kier molecular flexibility index (Phi) is 4.77. The third-order valence-electron chi connectivity index (χ3n) is 1.92. The minimum absolute atomic E-state index is 0.200. The zero-order chi connectivity index (χ0) is 12.2. The lowest BCUT2D eigenvalue weighted by molar-refractivity contribution is -0.210. The number of halogens is 4. The van der Waals surface area contributed by atoms with Crippen LogP contribution in [-0.2, 0) is 9.53 Å². The fourth-order valence-electron chi connectivity index (χ4n) is 0.825. The van der Waals surface area contributed by atoms with Crippen LogP contribution in [0.2, 0.25) is 0 Å². The van der Waals surface area contributed by atoms with Gasteiger partial charge in [0.25, 0.3) is 12.9 Å². The molecule has 0 fully saturated rings. The van der Waals surface area contributed by atoms with Crippen LogP contribution in [0.3, 0.4) is 0 Å². The Labute approximate surface area is 84.9 Å². The van der Waals surface area contributed by atoms with Gasteiger partial charge in [0.15, 0.2) is 0 Å². The number of hydrogen-bond acceptors (Lipinski definition) is 2. The maximum atomic E-state index is 12.4. The van der Waals surface area contributed by atoms with Crippen LogP contribution in [0, 0.1) is 0 Å². The van der Waals surface area contributed by atoms with Crippen LogP contribution in [0.15, 0.2) is 12.2 Å². The number of alkyl halides is 4. The summed E-state index contributed by atoms with van der Waals surface area (Å²) < 4.78 is 53.9.